The maximum Gasteiger partial charge on any atom is 0.305 e. The van der Waals surface area contributed by atoms with Crippen LogP contribution in [0.1, 0.15) is 71.8 Å². The number of esters is 1. The van der Waals surface area contributed by atoms with Gasteiger partial charge in [-0.25, -0.2) is 0 Å². The number of benzene rings is 1. The fourth-order valence-electron chi connectivity index (χ4n) is 3.45. The first-order chi connectivity index (χ1) is 11.4. The highest BCUT2D eigenvalue weighted by atomic mass is 16.5. The first kappa shape index (κ1) is 18.8. The molecule has 1 aliphatic carbocycles. The van der Waals surface area contributed by atoms with E-state index < -0.39 is 0 Å². The number of anilines is 1. The van der Waals surface area contributed by atoms with Gasteiger partial charge in [0.15, 0.2) is 0 Å². The van der Waals surface area contributed by atoms with Gasteiger partial charge < -0.3 is 10.1 Å². The summed E-state index contributed by atoms with van der Waals surface area (Å²) in [5, 5.41) is 3.67. The molecule has 0 heterocycles. The third kappa shape index (κ3) is 5.85. The Morgan fingerprint density at radius 3 is 2.29 bits per heavy atom. The molecule has 0 radical (unpaired) electrons. The summed E-state index contributed by atoms with van der Waals surface area (Å²) in [4.78, 5) is 11.5. The molecule has 0 aromatic heterocycles. The molecule has 1 aromatic rings. The Morgan fingerprint density at radius 2 is 1.75 bits per heavy atom. The normalized spacial score (nSPS) is 21.3. The van der Waals surface area contributed by atoms with E-state index >= 15 is 0 Å². The monoisotopic (exact) mass is 331 g/mol. The lowest BCUT2D eigenvalue weighted by molar-refractivity contribution is -0.143. The molecule has 1 N–H and O–H groups in total. The van der Waals surface area contributed by atoms with Gasteiger partial charge in [0, 0.05) is 18.2 Å². The molecule has 0 unspecified atom stereocenters. The van der Waals surface area contributed by atoms with Crippen molar-refractivity contribution in [1.82, 2.24) is 0 Å². The highest BCUT2D eigenvalue weighted by Gasteiger charge is 2.22. The maximum atomic E-state index is 11.5. The van der Waals surface area contributed by atoms with Gasteiger partial charge in [-0.3, -0.25) is 4.79 Å². The Labute approximate surface area is 147 Å². The molecule has 3 heteroatoms. The second kappa shape index (κ2) is 8.55. The van der Waals surface area contributed by atoms with Gasteiger partial charge in [-0.15, -0.1) is 0 Å². The zero-order valence-electron chi connectivity index (χ0n) is 15.7. The van der Waals surface area contributed by atoms with Gasteiger partial charge in [-0.2, -0.15) is 0 Å². The second-order valence-corrected chi connectivity index (χ2v) is 8.03. The van der Waals surface area contributed by atoms with Crippen molar-refractivity contribution in [2.45, 2.75) is 77.7 Å². The Balaban J connectivity index is 1.74. The minimum Gasteiger partial charge on any atom is -0.466 e. The molecule has 24 heavy (non-hydrogen) atoms. The van der Waals surface area contributed by atoms with Crippen LogP contribution < -0.4 is 5.32 Å². The van der Waals surface area contributed by atoms with Crippen LogP contribution in [0, 0.1) is 5.92 Å². The molecule has 0 spiro atoms. The van der Waals surface area contributed by atoms with Crippen molar-refractivity contribution in [3.05, 3.63) is 29.8 Å². The fourth-order valence-corrected chi connectivity index (χ4v) is 3.45. The van der Waals surface area contributed by atoms with Crippen LogP contribution in [0.4, 0.5) is 5.69 Å². The van der Waals surface area contributed by atoms with Crippen molar-refractivity contribution in [3.8, 4) is 0 Å². The van der Waals surface area contributed by atoms with Crippen LogP contribution in [0.25, 0.3) is 0 Å². The van der Waals surface area contributed by atoms with Gasteiger partial charge in [0.1, 0.15) is 0 Å². The van der Waals surface area contributed by atoms with Gasteiger partial charge in [0.2, 0.25) is 0 Å². The first-order valence-electron chi connectivity index (χ1n) is 9.41. The van der Waals surface area contributed by atoms with Crippen LogP contribution in [0.5, 0.6) is 0 Å². The quantitative estimate of drug-likeness (QED) is 0.719. The van der Waals surface area contributed by atoms with Gasteiger partial charge >= 0.3 is 5.97 Å². The van der Waals surface area contributed by atoms with E-state index in [9.17, 15) is 4.79 Å². The summed E-state index contributed by atoms with van der Waals surface area (Å²) < 4.78 is 5.02. The zero-order valence-corrected chi connectivity index (χ0v) is 15.7. The first-order valence-corrected chi connectivity index (χ1v) is 9.41. The minimum atomic E-state index is -0.0447. The van der Waals surface area contributed by atoms with E-state index in [4.69, 9.17) is 4.74 Å². The van der Waals surface area contributed by atoms with Crippen molar-refractivity contribution in [2.75, 3.05) is 11.9 Å². The molecule has 134 valence electrons. The molecule has 2 rings (SSSR count). The van der Waals surface area contributed by atoms with Gasteiger partial charge in [-0.1, -0.05) is 32.9 Å². The number of rotatable bonds is 6. The van der Waals surface area contributed by atoms with Crippen LogP contribution in [-0.2, 0) is 14.9 Å². The van der Waals surface area contributed by atoms with E-state index in [2.05, 4.69) is 50.4 Å². The summed E-state index contributed by atoms with van der Waals surface area (Å²) in [6, 6.07) is 9.42. The maximum absolute atomic E-state index is 11.5. The fraction of sp³-hybridized carbons (Fsp3) is 0.667. The molecule has 1 fully saturated rings. The molecular formula is C21H33NO2. The molecule has 0 aliphatic heterocycles. The summed E-state index contributed by atoms with van der Waals surface area (Å²) in [5.74, 6) is 0.632. The standard InChI is InChI=1S/C21H33NO2/c1-5-24-20(23)15-8-16-6-11-18(12-7-16)22-19-13-9-17(10-14-19)21(2,3)4/h9-10,13-14,16,18,22H,5-8,11-12,15H2,1-4H3. The Morgan fingerprint density at radius 1 is 1.12 bits per heavy atom. The highest BCUT2D eigenvalue weighted by Crippen LogP contribution is 2.30. The predicted molar refractivity (Wildman–Crippen MR) is 100 cm³/mol. The molecule has 0 amide bonds. The molecule has 1 aliphatic rings. The smallest absolute Gasteiger partial charge is 0.305 e. The number of carbonyl (C=O) groups is 1. The average molecular weight is 332 g/mol. The third-order valence-corrected chi connectivity index (χ3v) is 5.03. The largest absolute Gasteiger partial charge is 0.466 e. The third-order valence-electron chi connectivity index (χ3n) is 5.03. The van der Waals surface area contributed by atoms with Gasteiger partial charge in [0.05, 0.1) is 6.61 Å². The molecule has 1 saturated carbocycles. The molecule has 1 aromatic carbocycles. The van der Waals surface area contributed by atoms with E-state index in [-0.39, 0.29) is 11.4 Å². The lowest BCUT2D eigenvalue weighted by Gasteiger charge is -2.30. The number of nitrogens with one attached hydrogen (secondary N) is 1. The van der Waals surface area contributed by atoms with Crippen molar-refractivity contribution < 1.29 is 9.53 Å². The van der Waals surface area contributed by atoms with Gasteiger partial charge in [0.25, 0.3) is 0 Å². The topological polar surface area (TPSA) is 38.3 Å². The predicted octanol–water partition coefficient (Wildman–Crippen LogP) is 5.30. The van der Waals surface area contributed by atoms with E-state index in [1.54, 1.807) is 0 Å². The summed E-state index contributed by atoms with van der Waals surface area (Å²) in [6.07, 6.45) is 6.34. The molecular weight excluding hydrogens is 298 g/mol. The highest BCUT2D eigenvalue weighted by molar-refractivity contribution is 5.69. The van der Waals surface area contributed by atoms with Crippen molar-refractivity contribution >= 4 is 11.7 Å². The number of hydrogen-bond donors (Lipinski definition) is 1. The van der Waals surface area contributed by atoms with Crippen LogP contribution in [0.3, 0.4) is 0 Å². The zero-order chi connectivity index (χ0) is 17.6. The SMILES string of the molecule is CCOC(=O)CCC1CCC(Nc2ccc(C(C)(C)C)cc2)CC1. The van der Waals surface area contributed by atoms with Crippen LogP contribution in [-0.4, -0.2) is 18.6 Å². The number of ether oxygens (including phenoxy) is 1. The molecule has 0 atom stereocenters. The van der Waals surface area contributed by atoms with E-state index in [1.165, 1.54) is 36.9 Å². The number of carbonyl (C=O) groups excluding carboxylic acids is 1. The molecule has 0 bridgehead atoms. The molecule has 0 saturated heterocycles. The van der Waals surface area contributed by atoms with E-state index in [0.29, 0.717) is 25.0 Å². The van der Waals surface area contributed by atoms with Gasteiger partial charge in [-0.05, 0) is 68.1 Å². The lowest BCUT2D eigenvalue weighted by atomic mass is 9.83. The van der Waals surface area contributed by atoms with Crippen molar-refractivity contribution in [2.24, 2.45) is 5.92 Å². The van der Waals surface area contributed by atoms with Crippen LogP contribution >= 0.6 is 0 Å². The Bertz CT molecular complexity index is 508. The summed E-state index contributed by atoms with van der Waals surface area (Å²) in [6.45, 7) is 9.08. The molecule has 3 nitrogen and oxygen atoms in total. The van der Waals surface area contributed by atoms with Crippen LogP contribution in [0.15, 0.2) is 24.3 Å². The average Bonchev–Trinajstić information content (AvgIpc) is 2.54. The Hall–Kier alpha value is -1.51. The van der Waals surface area contributed by atoms with Crippen molar-refractivity contribution in [1.29, 1.82) is 0 Å². The van der Waals surface area contributed by atoms with E-state index in [1.807, 2.05) is 6.92 Å². The van der Waals surface area contributed by atoms with Crippen LogP contribution in [0.2, 0.25) is 0 Å². The van der Waals surface area contributed by atoms with E-state index in [0.717, 1.165) is 6.42 Å². The minimum absolute atomic E-state index is 0.0447. The lowest BCUT2D eigenvalue weighted by Crippen LogP contribution is -2.26. The summed E-state index contributed by atoms with van der Waals surface area (Å²) in [5.41, 5.74) is 2.80. The second-order valence-electron chi connectivity index (χ2n) is 8.03. The number of hydrogen-bond acceptors (Lipinski definition) is 3. The summed E-state index contributed by atoms with van der Waals surface area (Å²) in [7, 11) is 0. The van der Waals surface area contributed by atoms with Crippen molar-refractivity contribution in [3.63, 3.8) is 0 Å². The summed E-state index contributed by atoms with van der Waals surface area (Å²) >= 11 is 0. The Kier molecular flexibility index (Phi) is 6.70.